The van der Waals surface area contributed by atoms with Gasteiger partial charge in [-0.15, -0.1) is 0 Å². The number of nitrogens with zero attached hydrogens (tertiary/aromatic N) is 3. The number of halogens is 1. The maximum atomic E-state index is 14.1. The summed E-state index contributed by atoms with van der Waals surface area (Å²) >= 11 is 5.83. The van der Waals surface area contributed by atoms with E-state index in [2.05, 4.69) is 31.2 Å². The maximum Gasteiger partial charge on any atom is 0.226 e. The first-order chi connectivity index (χ1) is 19.9. The van der Waals surface area contributed by atoms with Crippen molar-refractivity contribution in [1.29, 1.82) is 0 Å². The number of hydrogen-bond donors (Lipinski definition) is 2. The zero-order chi connectivity index (χ0) is 28.5. The summed E-state index contributed by atoms with van der Waals surface area (Å²) in [5.74, 6) is -0.375. The highest BCUT2D eigenvalue weighted by Crippen LogP contribution is 2.41. The van der Waals surface area contributed by atoms with E-state index in [1.807, 2.05) is 80.6 Å². The number of fused-ring (bicyclic) bond motifs is 1. The van der Waals surface area contributed by atoms with Crippen LogP contribution in [-0.2, 0) is 4.79 Å². The topological polar surface area (TPSA) is 62.2 Å². The van der Waals surface area contributed by atoms with E-state index in [9.17, 15) is 9.18 Å². The van der Waals surface area contributed by atoms with Crippen LogP contribution < -0.4 is 10.6 Å². The molecule has 5 aromatic rings. The number of pyridine rings is 1. The molecule has 0 bridgehead atoms. The molecular formula is C33H30FN5OS. The lowest BCUT2D eigenvalue weighted by atomic mass is 9.96. The van der Waals surface area contributed by atoms with Gasteiger partial charge in [0.05, 0.1) is 17.8 Å². The van der Waals surface area contributed by atoms with Gasteiger partial charge < -0.3 is 20.1 Å². The number of benzene rings is 3. The molecule has 206 valence electrons. The number of carbonyl (C=O) groups is 1. The predicted molar refractivity (Wildman–Crippen MR) is 165 cm³/mol. The molecule has 1 saturated heterocycles. The Morgan fingerprint density at radius 2 is 1.78 bits per heavy atom. The van der Waals surface area contributed by atoms with E-state index < -0.39 is 0 Å². The number of aryl methyl sites for hydroxylation is 1. The number of anilines is 1. The Morgan fingerprint density at radius 3 is 2.59 bits per heavy atom. The lowest BCUT2D eigenvalue weighted by Crippen LogP contribution is -2.33. The second-order valence-electron chi connectivity index (χ2n) is 10.3. The first-order valence-corrected chi connectivity index (χ1v) is 14.0. The summed E-state index contributed by atoms with van der Waals surface area (Å²) in [5, 5.41) is 9.20. The lowest BCUT2D eigenvalue weighted by Gasteiger charge is -2.28. The summed E-state index contributed by atoms with van der Waals surface area (Å²) in [5.41, 5.74) is 5.42. The van der Waals surface area contributed by atoms with Crippen molar-refractivity contribution < 1.29 is 9.18 Å². The number of thiocarbonyl (C=S) groups is 1. The van der Waals surface area contributed by atoms with Gasteiger partial charge >= 0.3 is 0 Å². The van der Waals surface area contributed by atoms with Crippen LogP contribution in [0, 0.1) is 19.7 Å². The summed E-state index contributed by atoms with van der Waals surface area (Å²) in [6, 6.07) is 28.0. The fraction of sp³-hybridized carbons (Fsp3) is 0.182. The van der Waals surface area contributed by atoms with Crippen molar-refractivity contribution in [2.75, 3.05) is 11.9 Å². The van der Waals surface area contributed by atoms with Crippen molar-refractivity contribution in [2.24, 2.45) is 0 Å². The van der Waals surface area contributed by atoms with Crippen LogP contribution in [0.15, 0.2) is 97.2 Å². The van der Waals surface area contributed by atoms with E-state index in [0.717, 1.165) is 44.8 Å². The van der Waals surface area contributed by atoms with Crippen LogP contribution in [0.25, 0.3) is 16.5 Å². The fourth-order valence-electron chi connectivity index (χ4n) is 5.85. The van der Waals surface area contributed by atoms with Gasteiger partial charge in [-0.3, -0.25) is 9.78 Å². The van der Waals surface area contributed by atoms with Gasteiger partial charge in [-0.1, -0.05) is 48.5 Å². The molecule has 2 aromatic heterocycles. The molecule has 3 heterocycles. The van der Waals surface area contributed by atoms with Crippen molar-refractivity contribution in [3.8, 4) is 5.69 Å². The molecule has 0 radical (unpaired) electrons. The molecule has 1 amide bonds. The molecule has 0 aliphatic carbocycles. The minimum absolute atomic E-state index is 0.0885. The number of carbonyl (C=O) groups excluding carboxylic acids is 1. The van der Waals surface area contributed by atoms with Gasteiger partial charge in [-0.2, -0.15) is 0 Å². The number of rotatable bonds is 7. The molecule has 41 heavy (non-hydrogen) atoms. The van der Waals surface area contributed by atoms with Gasteiger partial charge in [0.25, 0.3) is 0 Å². The van der Waals surface area contributed by atoms with E-state index in [4.69, 9.17) is 12.2 Å². The Labute approximate surface area is 243 Å². The Balaban J connectivity index is 1.31. The quantitative estimate of drug-likeness (QED) is 0.214. The highest BCUT2D eigenvalue weighted by molar-refractivity contribution is 7.80. The molecule has 2 atom stereocenters. The van der Waals surface area contributed by atoms with E-state index in [1.54, 1.807) is 12.3 Å². The van der Waals surface area contributed by atoms with Gasteiger partial charge in [-0.05, 0) is 79.5 Å². The minimum atomic E-state index is -0.287. The van der Waals surface area contributed by atoms with Gasteiger partial charge in [0.2, 0.25) is 5.91 Å². The number of nitrogens with one attached hydrogen (secondary N) is 2. The van der Waals surface area contributed by atoms with Gasteiger partial charge in [0.1, 0.15) is 5.82 Å². The van der Waals surface area contributed by atoms with Crippen LogP contribution in [0.4, 0.5) is 10.1 Å². The maximum absolute atomic E-state index is 14.1. The molecule has 1 aliphatic heterocycles. The zero-order valence-electron chi connectivity index (χ0n) is 22.8. The van der Waals surface area contributed by atoms with Crippen LogP contribution in [0.3, 0.4) is 0 Å². The van der Waals surface area contributed by atoms with E-state index in [-0.39, 0.29) is 30.2 Å². The third-order valence-corrected chi connectivity index (χ3v) is 8.05. The first-order valence-electron chi connectivity index (χ1n) is 13.6. The number of amides is 1. The Bertz CT molecular complexity index is 1750. The lowest BCUT2D eigenvalue weighted by molar-refractivity contribution is -0.116. The molecule has 2 N–H and O–H groups in total. The van der Waals surface area contributed by atoms with Crippen LogP contribution in [0.1, 0.15) is 41.1 Å². The summed E-state index contributed by atoms with van der Waals surface area (Å²) in [6.45, 7) is 4.47. The van der Waals surface area contributed by atoms with Crippen molar-refractivity contribution in [1.82, 2.24) is 19.8 Å². The molecule has 1 aliphatic rings. The zero-order valence-corrected chi connectivity index (χ0v) is 23.7. The minimum Gasteiger partial charge on any atom is -0.352 e. The van der Waals surface area contributed by atoms with Crippen LogP contribution in [0.2, 0.25) is 0 Å². The molecule has 6 nitrogen and oxygen atoms in total. The average Bonchev–Trinajstić information content (AvgIpc) is 3.46. The van der Waals surface area contributed by atoms with Gasteiger partial charge in [0, 0.05) is 47.3 Å². The highest BCUT2D eigenvalue weighted by Gasteiger charge is 2.41. The molecule has 0 saturated carbocycles. The average molecular weight is 564 g/mol. The molecule has 0 spiro atoms. The molecule has 1 fully saturated rings. The Morgan fingerprint density at radius 1 is 1.00 bits per heavy atom. The molecule has 0 unspecified atom stereocenters. The molecular weight excluding hydrogens is 533 g/mol. The first kappa shape index (κ1) is 26.7. The molecule has 8 heteroatoms. The van der Waals surface area contributed by atoms with Crippen LogP contribution >= 0.6 is 12.2 Å². The van der Waals surface area contributed by atoms with E-state index in [1.165, 1.54) is 12.1 Å². The van der Waals surface area contributed by atoms with Crippen molar-refractivity contribution in [3.05, 3.63) is 126 Å². The Kier molecular flexibility index (Phi) is 7.24. The predicted octanol–water partition coefficient (Wildman–Crippen LogP) is 6.78. The van der Waals surface area contributed by atoms with Crippen molar-refractivity contribution in [2.45, 2.75) is 32.4 Å². The summed E-state index contributed by atoms with van der Waals surface area (Å²) < 4.78 is 16.2. The SMILES string of the molecule is Cc1cc([C@H]2[C@H](c3ccccn3)NC(=S)N2CCC(=O)Nc2cccc3ccccc23)c(C)n1-c1cccc(F)c1. The van der Waals surface area contributed by atoms with E-state index >= 15 is 0 Å². The summed E-state index contributed by atoms with van der Waals surface area (Å²) in [6.07, 6.45) is 2.02. The Hall–Kier alpha value is -4.56. The molecule has 3 aromatic carbocycles. The normalized spacial score (nSPS) is 16.7. The van der Waals surface area contributed by atoms with Crippen LogP contribution in [-0.4, -0.2) is 32.0 Å². The third-order valence-electron chi connectivity index (χ3n) is 7.70. The van der Waals surface area contributed by atoms with Crippen LogP contribution in [0.5, 0.6) is 0 Å². The largest absolute Gasteiger partial charge is 0.352 e. The highest BCUT2D eigenvalue weighted by atomic mass is 32.1. The van der Waals surface area contributed by atoms with Crippen molar-refractivity contribution in [3.63, 3.8) is 0 Å². The number of aromatic nitrogens is 2. The van der Waals surface area contributed by atoms with E-state index in [0.29, 0.717) is 11.7 Å². The standard InChI is InChI=1S/C33H30FN5OS/c1-21-19-27(22(2)39(21)25-12-8-11-24(34)20-25)32-31(29-14-5-6-17-35-29)37-33(41)38(32)18-16-30(40)36-28-15-7-10-23-9-3-4-13-26(23)28/h3-15,17,19-20,31-32H,16,18H2,1-2H3,(H,36,40)(H,37,41)/t31-,32-/m0/s1. The van der Waals surface area contributed by atoms with Gasteiger partial charge in [-0.25, -0.2) is 4.39 Å². The van der Waals surface area contributed by atoms with Crippen molar-refractivity contribution >= 4 is 39.7 Å². The summed E-state index contributed by atoms with van der Waals surface area (Å²) in [7, 11) is 0. The van der Waals surface area contributed by atoms with Gasteiger partial charge in [0.15, 0.2) is 5.11 Å². The molecule has 6 rings (SSSR count). The second kappa shape index (κ2) is 11.1. The number of hydrogen-bond acceptors (Lipinski definition) is 3. The smallest absolute Gasteiger partial charge is 0.226 e. The monoisotopic (exact) mass is 563 g/mol. The third kappa shape index (κ3) is 5.18. The fourth-order valence-corrected chi connectivity index (χ4v) is 6.19. The second-order valence-corrected chi connectivity index (χ2v) is 10.7. The summed E-state index contributed by atoms with van der Waals surface area (Å²) in [4.78, 5) is 19.9.